The number of hydrogen-bond donors (Lipinski definition) is 30. The molecule has 48 nitrogen and oxygen atoms in total. The second kappa shape index (κ2) is 45.2. The van der Waals surface area contributed by atoms with Crippen molar-refractivity contribution in [3.8, 4) is 0 Å². The van der Waals surface area contributed by atoms with Gasteiger partial charge >= 0.3 is 0 Å². The van der Waals surface area contributed by atoms with E-state index in [2.05, 4.69) is 61.9 Å². The average molecular weight is 1560 g/mol. The van der Waals surface area contributed by atoms with Crippen LogP contribution in [0.5, 0.6) is 0 Å². The van der Waals surface area contributed by atoms with Gasteiger partial charge in [-0.25, -0.2) is 0 Å². The summed E-state index contributed by atoms with van der Waals surface area (Å²) in [5.74, 6) is -0.950. The molecule has 624 valence electrons. The van der Waals surface area contributed by atoms with Crippen molar-refractivity contribution in [1.82, 2.24) is 31.9 Å². The van der Waals surface area contributed by atoms with Gasteiger partial charge < -0.3 is 219 Å². The van der Waals surface area contributed by atoms with Gasteiger partial charge in [0.2, 0.25) is 0 Å². The van der Waals surface area contributed by atoms with Crippen LogP contribution in [0.4, 0.5) is 0 Å². The largest absolute Gasteiger partial charge is 0.387 e. The van der Waals surface area contributed by atoms with Gasteiger partial charge in [-0.3, -0.25) is 30.0 Å². The van der Waals surface area contributed by atoms with Crippen molar-refractivity contribution in [3.05, 3.63) is 0 Å². The van der Waals surface area contributed by atoms with Gasteiger partial charge in [-0.15, -0.1) is 0 Å². The molecule has 0 amide bonds. The monoisotopic (exact) mass is 1560 g/mol. The molecule has 42 N–H and O–H groups in total. The maximum atomic E-state index is 12.3. The summed E-state index contributed by atoms with van der Waals surface area (Å²) in [7, 11) is 0. The number of rotatable bonds is 36. The van der Waals surface area contributed by atoms with Gasteiger partial charge in [-0.05, 0) is 77.8 Å². The van der Waals surface area contributed by atoms with Crippen molar-refractivity contribution in [2.75, 3.05) is 118 Å². The summed E-state index contributed by atoms with van der Waals surface area (Å²) in [6.45, 7) is 1.01. The first-order valence-corrected chi connectivity index (χ1v) is 36.2. The van der Waals surface area contributed by atoms with Gasteiger partial charge in [0.05, 0.1) is 0 Å². The first-order valence-electron chi connectivity index (χ1n) is 36.2. The molecule has 0 unspecified atom stereocenters. The number of guanidine groups is 6. The zero-order chi connectivity index (χ0) is 78.7. The highest BCUT2D eigenvalue weighted by atomic mass is 16.8. The third kappa shape index (κ3) is 26.8. The second-order valence-electron chi connectivity index (χ2n) is 26.9. The number of hydrogen-bond acceptors (Lipinski definition) is 36. The molecule has 0 aromatic carbocycles. The maximum Gasteiger partial charge on any atom is 0.187 e. The Morgan fingerprint density at radius 1 is 0.204 bits per heavy atom. The van der Waals surface area contributed by atoms with Crippen LogP contribution in [-0.2, 0) is 56.8 Å². The Hall–Kier alpha value is -5.58. The number of aliphatic hydroxyl groups is 12. The molecule has 22 rings (SSSR count). The van der Waals surface area contributed by atoms with E-state index < -0.39 is 184 Å². The Balaban J connectivity index is 1.31. The smallest absolute Gasteiger partial charge is 0.187 e. The average Bonchev–Trinajstić information content (AvgIpc) is 0.800. The molecule has 30 atom stereocenters. The van der Waals surface area contributed by atoms with E-state index in [4.69, 9.17) is 126 Å². The summed E-state index contributed by atoms with van der Waals surface area (Å²) < 4.78 is 77.1. The quantitative estimate of drug-likeness (QED) is 0.0157. The lowest BCUT2D eigenvalue weighted by Crippen LogP contribution is -2.70. The predicted octanol–water partition coefficient (Wildman–Crippen LogP) is -17.5. The van der Waals surface area contributed by atoms with Crippen molar-refractivity contribution in [3.63, 3.8) is 0 Å². The van der Waals surface area contributed by atoms with Gasteiger partial charge in [-0.2, -0.15) is 0 Å². The molecular weight excluding hydrogens is 1440 g/mol. The predicted molar refractivity (Wildman–Crippen MR) is 382 cm³/mol. The zero-order valence-corrected chi connectivity index (χ0v) is 60.2. The van der Waals surface area contributed by atoms with E-state index in [1.165, 1.54) is 0 Å². The Kier molecular flexibility index (Phi) is 37.5. The van der Waals surface area contributed by atoms with E-state index in [-0.39, 0.29) is 154 Å². The number of ether oxygens (including phenoxy) is 12. The van der Waals surface area contributed by atoms with Crippen LogP contribution >= 0.6 is 0 Å². The Bertz CT molecular complexity index is 2330. The number of aliphatic hydroxyl groups excluding tert-OH is 12. The molecule has 108 heavy (non-hydrogen) atoms. The van der Waals surface area contributed by atoms with Gasteiger partial charge in [0, 0.05) is 78.5 Å². The van der Waals surface area contributed by atoms with Gasteiger partial charge in [0.15, 0.2) is 73.5 Å². The molecule has 0 aliphatic carbocycles. The van der Waals surface area contributed by atoms with Gasteiger partial charge in [0.25, 0.3) is 0 Å². The summed E-state index contributed by atoms with van der Waals surface area (Å²) >= 11 is 0. The maximum absolute atomic E-state index is 12.3. The number of nitrogens with two attached hydrogens (primary N) is 12. The molecule has 0 aromatic rings. The minimum Gasteiger partial charge on any atom is -0.387 e. The van der Waals surface area contributed by atoms with Crippen LogP contribution in [0, 0.1) is 0 Å². The highest BCUT2D eigenvalue weighted by molar-refractivity contribution is 5.77. The molecule has 0 saturated carbocycles. The minimum atomic E-state index is -2.10. The van der Waals surface area contributed by atoms with Crippen LogP contribution in [0.3, 0.4) is 0 Å². The first kappa shape index (κ1) is 89.6. The third-order valence-corrected chi connectivity index (χ3v) is 18.5. The fourth-order valence-corrected chi connectivity index (χ4v) is 13.0. The van der Waals surface area contributed by atoms with Crippen molar-refractivity contribution >= 4 is 35.8 Å². The summed E-state index contributed by atoms with van der Waals surface area (Å²) in [5.41, 5.74) is 66.8. The van der Waals surface area contributed by atoms with E-state index >= 15 is 0 Å². The van der Waals surface area contributed by atoms with Crippen molar-refractivity contribution < 1.29 is 118 Å². The highest BCUT2D eigenvalue weighted by Crippen LogP contribution is 2.38. The summed E-state index contributed by atoms with van der Waals surface area (Å²) in [6, 6.07) is 0. The van der Waals surface area contributed by atoms with E-state index in [1.807, 2.05) is 0 Å². The zero-order valence-electron chi connectivity index (χ0n) is 60.2. The number of nitrogens with zero attached hydrogens (tertiary/aromatic N) is 6. The molecule has 22 aliphatic rings. The molecular formula is C60H120N24O24. The lowest BCUT2D eigenvalue weighted by atomic mass is 9.94. The third-order valence-electron chi connectivity index (χ3n) is 18.5. The number of aliphatic imine (C=N–C) groups is 6. The topological polar surface area (TPSA) is 812 Å². The van der Waals surface area contributed by atoms with E-state index in [9.17, 15) is 61.3 Å². The van der Waals surface area contributed by atoms with E-state index in [0.29, 0.717) is 38.5 Å². The molecule has 22 heterocycles. The molecule has 22 aliphatic heterocycles. The second-order valence-corrected chi connectivity index (χ2v) is 26.9. The molecule has 22 fully saturated rings. The van der Waals surface area contributed by atoms with Crippen LogP contribution in [-0.4, -0.2) is 399 Å². The normalized spacial score (nSPS) is 38.0. The molecule has 0 radical (unpaired) electrons. The number of nitrogens with one attached hydrogen (secondary N) is 6. The van der Waals surface area contributed by atoms with E-state index in [1.54, 1.807) is 0 Å². The summed E-state index contributed by atoms with van der Waals surface area (Å²) in [4.78, 5) is 24.0. The van der Waals surface area contributed by atoms with Crippen LogP contribution in [0.25, 0.3) is 0 Å². The SMILES string of the molecule is NC(N)=NCCCNC[C@H]1O[C@@H]2O[C@H]3[C@H](O)[C@@H](O)[C@@H](O[C@H]4[C@H](O)[C@@H](O)[C@@H](O[C@H]5[C@H](O)[C@@H](O)[C@@H](O[C@H]6[C@H](O)[C@@H](O)[C@@H](O[C@H]7[C@H](O)[C@@H](O)[C@@H](O[C@H]1[C@H](O)[C@H]2O)O[C@@H]7CNCCCN=C(N)N)O[C@@H]6CNCCCN=C(N)N)O[C@@H]5CNCCCN=C(N)N)O[C@@H]4CNCCCN=C(N)N)O[C@@H]3CNCCCN=C(N)N. The highest BCUT2D eigenvalue weighted by Gasteiger charge is 2.59. The molecule has 22 saturated heterocycles. The summed E-state index contributed by atoms with van der Waals surface area (Å²) in [6.07, 6.45) is -52.7. The van der Waals surface area contributed by atoms with Crippen LogP contribution in [0.2, 0.25) is 0 Å². The molecule has 0 aromatic heterocycles. The lowest BCUT2D eigenvalue weighted by molar-refractivity contribution is -0.399. The lowest BCUT2D eigenvalue weighted by Gasteiger charge is -2.51. The van der Waals surface area contributed by atoms with Crippen molar-refractivity contribution in [1.29, 1.82) is 0 Å². The molecule has 48 heteroatoms. The standard InChI is InChI=1S/C60H120N24O24/c61-55(62)79-13-1-7-73-19-25-43-31(85)37(91)49(97-25)104-44-26(20-74-8-2-14-80-56(63)64)99-51(39(93)33(44)87)106-46-28(22-76-10-4-16-82-58(67)68)101-53(41(95)35(46)89)108-48-30(24-78-12-6-18-84-60(71)72)102-54(42(96)36(48)90)107-47-29(23-77-11-5-17-83-59(69)70)100-52(40(94)34(47)88)105-45-27(21-75-9-3-15-81-57(65)66)98-50(103-43)38(92)32(45)86/h25-54,73-78,85-96H,1-24H2,(H4,61,62,79)(H4,63,64,80)(H4,65,66,81)(H4,67,68,82)(H4,69,70,83)(H4,71,72,84)/t25-,26-,27-,28-,29-,30-,31-,32-,33-,34-,35-,36-,37-,38-,39-,40-,41-,42-,43-,44-,45-,46-,47-,48-,49-,50-,51-,52-,53-,54-/m1/s1. The fraction of sp³-hybridized carbons (Fsp3) is 0.900. The summed E-state index contributed by atoms with van der Waals surface area (Å²) in [5, 5.41) is 166. The van der Waals surface area contributed by atoms with Gasteiger partial charge in [-0.1, -0.05) is 0 Å². The Morgan fingerprint density at radius 3 is 0.454 bits per heavy atom. The van der Waals surface area contributed by atoms with Crippen LogP contribution < -0.4 is 101 Å². The van der Waals surface area contributed by atoms with Crippen LogP contribution in [0.1, 0.15) is 38.5 Å². The van der Waals surface area contributed by atoms with E-state index in [0.717, 1.165) is 0 Å². The fourth-order valence-electron chi connectivity index (χ4n) is 13.0. The van der Waals surface area contributed by atoms with Gasteiger partial charge in [0.1, 0.15) is 146 Å². The Morgan fingerprint density at radius 2 is 0.333 bits per heavy atom. The minimum absolute atomic E-state index is 0.158. The molecule has 12 bridgehead atoms. The van der Waals surface area contributed by atoms with Crippen LogP contribution in [0.15, 0.2) is 30.0 Å². The van der Waals surface area contributed by atoms with Crippen molar-refractivity contribution in [2.45, 2.75) is 223 Å². The Labute approximate surface area is 623 Å². The molecule has 0 spiro atoms. The first-order chi connectivity index (χ1) is 51.6. The van der Waals surface area contributed by atoms with Crippen molar-refractivity contribution in [2.24, 2.45) is 98.8 Å².